The van der Waals surface area contributed by atoms with Crippen molar-refractivity contribution in [3.8, 4) is 5.75 Å². The van der Waals surface area contributed by atoms with Gasteiger partial charge in [0, 0.05) is 43.0 Å². The van der Waals surface area contributed by atoms with Crippen LogP contribution in [-0.2, 0) is 14.3 Å². The summed E-state index contributed by atoms with van der Waals surface area (Å²) < 4.78 is 11.3. The quantitative estimate of drug-likeness (QED) is 0.497. The molecule has 0 aliphatic carbocycles. The number of methoxy groups -OCH3 is 1. The van der Waals surface area contributed by atoms with Gasteiger partial charge in [-0.25, -0.2) is 9.79 Å². The van der Waals surface area contributed by atoms with E-state index in [4.69, 9.17) is 14.5 Å². The van der Waals surface area contributed by atoms with Crippen molar-refractivity contribution < 1.29 is 19.1 Å². The summed E-state index contributed by atoms with van der Waals surface area (Å²) in [5.41, 5.74) is 3.43. The molecule has 1 amide bonds. The molecule has 2 aromatic rings. The molecule has 3 aliphatic heterocycles. The average molecular weight is 533 g/mol. The SMILES string of the molecule is CCOC(=O)C1=C(c2ccccc2)N=C2SC=C(CC(=O)N3CCN(C)CC3)N2[C@@H]1c1ccccc1OC. The van der Waals surface area contributed by atoms with E-state index in [2.05, 4.69) is 11.9 Å². The standard InChI is InChI=1S/C29H32N4O4S/c1-4-37-28(35)25-26(20-10-6-5-7-11-20)30-29-33(27(25)22-12-8-9-13-23(22)36-3)21(19-38-29)18-24(34)32-16-14-31(2)15-17-32/h5-13,19,27H,4,14-18H2,1-3H3/t27-/m1/s1. The first-order valence-corrected chi connectivity index (χ1v) is 13.7. The number of ether oxygens (including phenoxy) is 2. The number of piperazine rings is 1. The first-order chi connectivity index (χ1) is 18.5. The number of carbonyl (C=O) groups excluding carboxylic acids is 2. The van der Waals surface area contributed by atoms with Crippen molar-refractivity contribution in [2.75, 3.05) is 46.9 Å². The molecule has 1 saturated heterocycles. The number of amidine groups is 1. The maximum Gasteiger partial charge on any atom is 0.338 e. The Morgan fingerprint density at radius 3 is 2.45 bits per heavy atom. The predicted molar refractivity (Wildman–Crippen MR) is 149 cm³/mol. The van der Waals surface area contributed by atoms with E-state index in [0.717, 1.165) is 29.9 Å². The zero-order valence-electron chi connectivity index (χ0n) is 21.9. The number of likely N-dealkylation sites (N-methyl/N-ethyl adjacent to an activating group) is 1. The fourth-order valence-corrected chi connectivity index (χ4v) is 5.92. The van der Waals surface area contributed by atoms with Gasteiger partial charge < -0.3 is 24.2 Å². The summed E-state index contributed by atoms with van der Waals surface area (Å²) in [6, 6.07) is 16.8. The van der Waals surface area contributed by atoms with Gasteiger partial charge in [0.25, 0.3) is 0 Å². The molecule has 0 radical (unpaired) electrons. The molecule has 0 spiro atoms. The van der Waals surface area contributed by atoms with Gasteiger partial charge in [-0.05, 0) is 25.4 Å². The van der Waals surface area contributed by atoms with Crippen LogP contribution in [0, 0.1) is 0 Å². The number of nitrogens with zero attached hydrogens (tertiary/aromatic N) is 4. The van der Waals surface area contributed by atoms with Gasteiger partial charge in [0.2, 0.25) is 5.91 Å². The minimum Gasteiger partial charge on any atom is -0.496 e. The van der Waals surface area contributed by atoms with Crippen LogP contribution in [0.5, 0.6) is 5.75 Å². The van der Waals surface area contributed by atoms with Crippen LogP contribution in [0.1, 0.15) is 30.5 Å². The van der Waals surface area contributed by atoms with Crippen LogP contribution in [0.25, 0.3) is 5.70 Å². The van der Waals surface area contributed by atoms with E-state index >= 15 is 0 Å². The fourth-order valence-electron chi connectivity index (χ4n) is 5.00. The molecule has 0 aromatic heterocycles. The molecule has 0 N–H and O–H groups in total. The van der Waals surface area contributed by atoms with Gasteiger partial charge in [-0.1, -0.05) is 60.3 Å². The molecule has 1 atom stereocenters. The summed E-state index contributed by atoms with van der Waals surface area (Å²) in [5, 5.41) is 2.69. The van der Waals surface area contributed by atoms with Crippen LogP contribution in [0.4, 0.5) is 0 Å². The molecule has 0 unspecified atom stereocenters. The lowest BCUT2D eigenvalue weighted by molar-refractivity contribution is -0.139. The minimum atomic E-state index is -0.575. The third-order valence-electron chi connectivity index (χ3n) is 6.97. The third kappa shape index (κ3) is 5.08. The third-order valence-corrected chi connectivity index (χ3v) is 7.86. The van der Waals surface area contributed by atoms with Crippen LogP contribution in [0.15, 0.2) is 76.3 Å². The number of aliphatic imine (C=N–C) groups is 1. The molecule has 1 fully saturated rings. The van der Waals surface area contributed by atoms with Gasteiger partial charge in [0.05, 0.1) is 37.4 Å². The Labute approximate surface area is 227 Å². The monoisotopic (exact) mass is 532 g/mol. The van der Waals surface area contributed by atoms with Crippen LogP contribution in [0.3, 0.4) is 0 Å². The van der Waals surface area contributed by atoms with Crippen molar-refractivity contribution in [3.05, 3.63) is 82.4 Å². The number of rotatable bonds is 7. The number of esters is 1. The van der Waals surface area contributed by atoms with Gasteiger partial charge in [-0.2, -0.15) is 0 Å². The van der Waals surface area contributed by atoms with Crippen LogP contribution < -0.4 is 4.74 Å². The zero-order valence-corrected chi connectivity index (χ0v) is 22.7. The van der Waals surface area contributed by atoms with Gasteiger partial charge in [0.15, 0.2) is 5.17 Å². The first-order valence-electron chi connectivity index (χ1n) is 12.8. The number of hydrogen-bond acceptors (Lipinski definition) is 8. The Bertz CT molecular complexity index is 1300. The second kappa shape index (κ2) is 11.4. The van der Waals surface area contributed by atoms with Crippen molar-refractivity contribution in [2.24, 2.45) is 4.99 Å². The second-order valence-corrected chi connectivity index (χ2v) is 10.2. The molecule has 38 heavy (non-hydrogen) atoms. The van der Waals surface area contributed by atoms with Crippen molar-refractivity contribution in [1.82, 2.24) is 14.7 Å². The van der Waals surface area contributed by atoms with E-state index in [1.54, 1.807) is 14.0 Å². The Balaban J connectivity index is 1.60. The van der Waals surface area contributed by atoms with Crippen LogP contribution in [0.2, 0.25) is 0 Å². The smallest absolute Gasteiger partial charge is 0.338 e. The highest BCUT2D eigenvalue weighted by Gasteiger charge is 2.43. The van der Waals surface area contributed by atoms with E-state index in [9.17, 15) is 9.59 Å². The number of thioether (sulfide) groups is 1. The van der Waals surface area contributed by atoms with E-state index in [0.29, 0.717) is 35.3 Å². The normalized spacial score (nSPS) is 19.6. The molecule has 8 nitrogen and oxygen atoms in total. The Morgan fingerprint density at radius 1 is 1.03 bits per heavy atom. The number of carbonyl (C=O) groups is 2. The Kier molecular flexibility index (Phi) is 7.85. The molecule has 2 aromatic carbocycles. The van der Waals surface area contributed by atoms with Crippen LogP contribution in [-0.4, -0.2) is 78.7 Å². The molecular formula is C29H32N4O4S. The number of fused-ring (bicyclic) bond motifs is 1. The van der Waals surface area contributed by atoms with Crippen LogP contribution >= 0.6 is 11.8 Å². The summed E-state index contributed by atoms with van der Waals surface area (Å²) in [4.78, 5) is 38.1. The van der Waals surface area contributed by atoms with Crippen molar-refractivity contribution >= 4 is 34.5 Å². The lowest BCUT2D eigenvalue weighted by Crippen LogP contribution is -2.47. The summed E-state index contributed by atoms with van der Waals surface area (Å²) in [6.07, 6.45) is 0.220. The van der Waals surface area contributed by atoms with E-state index in [-0.39, 0.29) is 18.9 Å². The number of para-hydroxylation sites is 1. The van der Waals surface area contributed by atoms with Crippen molar-refractivity contribution in [3.63, 3.8) is 0 Å². The molecule has 3 heterocycles. The van der Waals surface area contributed by atoms with Crippen molar-refractivity contribution in [2.45, 2.75) is 19.4 Å². The number of hydrogen-bond donors (Lipinski definition) is 0. The highest BCUT2D eigenvalue weighted by molar-refractivity contribution is 8.16. The molecule has 0 saturated carbocycles. The Hall–Kier alpha value is -3.56. The van der Waals surface area contributed by atoms with Crippen molar-refractivity contribution in [1.29, 1.82) is 0 Å². The lowest BCUT2D eigenvalue weighted by Gasteiger charge is -2.38. The lowest BCUT2D eigenvalue weighted by atomic mass is 9.91. The van der Waals surface area contributed by atoms with E-state index in [1.807, 2.05) is 69.8 Å². The number of benzene rings is 2. The summed E-state index contributed by atoms with van der Waals surface area (Å²) in [7, 11) is 3.69. The molecular weight excluding hydrogens is 500 g/mol. The molecule has 9 heteroatoms. The largest absolute Gasteiger partial charge is 0.496 e. The summed E-state index contributed by atoms with van der Waals surface area (Å²) >= 11 is 1.47. The number of amides is 1. The van der Waals surface area contributed by atoms with E-state index < -0.39 is 12.0 Å². The zero-order chi connectivity index (χ0) is 26.6. The second-order valence-electron chi connectivity index (χ2n) is 9.35. The predicted octanol–water partition coefficient (Wildman–Crippen LogP) is 4.13. The maximum absolute atomic E-state index is 13.6. The van der Waals surface area contributed by atoms with Gasteiger partial charge in [0.1, 0.15) is 5.75 Å². The Morgan fingerprint density at radius 2 is 1.74 bits per heavy atom. The topological polar surface area (TPSA) is 74.7 Å². The molecule has 0 bridgehead atoms. The highest BCUT2D eigenvalue weighted by Crippen LogP contribution is 2.48. The van der Waals surface area contributed by atoms with E-state index in [1.165, 1.54) is 11.8 Å². The average Bonchev–Trinajstić information content (AvgIpc) is 3.35. The minimum absolute atomic E-state index is 0.0699. The molecule has 3 aliphatic rings. The highest BCUT2D eigenvalue weighted by atomic mass is 32.2. The fraction of sp³-hybridized carbons (Fsp3) is 0.345. The molecule has 198 valence electrons. The van der Waals surface area contributed by atoms with Gasteiger partial charge in [-0.15, -0.1) is 0 Å². The maximum atomic E-state index is 13.6. The van der Waals surface area contributed by atoms with Gasteiger partial charge >= 0.3 is 5.97 Å². The summed E-state index contributed by atoms with van der Waals surface area (Å²) in [6.45, 7) is 5.16. The molecule has 5 rings (SSSR count). The van der Waals surface area contributed by atoms with Gasteiger partial charge in [-0.3, -0.25) is 4.79 Å². The first kappa shape index (κ1) is 26.1. The summed E-state index contributed by atoms with van der Waals surface area (Å²) in [5.74, 6) is 0.279.